The molecule has 0 amide bonds. The zero-order valence-corrected chi connectivity index (χ0v) is 7.37. The van der Waals surface area contributed by atoms with Gasteiger partial charge in [-0.1, -0.05) is 0 Å². The molecule has 1 aromatic heterocycles. The highest BCUT2D eigenvalue weighted by Gasteiger charge is 2.33. The summed E-state index contributed by atoms with van der Waals surface area (Å²) in [5.74, 6) is 0. The molecular weight excluding hydrogens is 199 g/mol. The molecule has 0 fully saturated rings. The highest BCUT2D eigenvalue weighted by Crippen LogP contribution is 2.35. The molecular formula is C8H6F3NS. The summed E-state index contributed by atoms with van der Waals surface area (Å²) < 4.78 is 36.7. The molecule has 1 rings (SSSR count). The fourth-order valence-corrected chi connectivity index (χ4v) is 1.86. The maximum atomic E-state index is 12.2. The van der Waals surface area contributed by atoms with Crippen LogP contribution in [0.15, 0.2) is 11.4 Å². The highest BCUT2D eigenvalue weighted by atomic mass is 32.1. The SMILES string of the molecule is N#CCCc1sccc1C(F)(F)F. The first-order valence-electron chi connectivity index (χ1n) is 3.56. The average Bonchev–Trinajstić information content (AvgIpc) is 2.47. The van der Waals surface area contributed by atoms with Crippen molar-refractivity contribution >= 4 is 11.3 Å². The minimum Gasteiger partial charge on any atom is -0.198 e. The number of thiophene rings is 1. The van der Waals surface area contributed by atoms with E-state index < -0.39 is 11.7 Å². The van der Waals surface area contributed by atoms with Crippen LogP contribution in [-0.4, -0.2) is 0 Å². The van der Waals surface area contributed by atoms with Crippen LogP contribution in [0, 0.1) is 11.3 Å². The summed E-state index contributed by atoms with van der Waals surface area (Å²) in [7, 11) is 0. The quantitative estimate of drug-likeness (QED) is 0.727. The van der Waals surface area contributed by atoms with E-state index in [9.17, 15) is 13.2 Å². The van der Waals surface area contributed by atoms with E-state index in [1.807, 2.05) is 6.07 Å². The largest absolute Gasteiger partial charge is 0.417 e. The lowest BCUT2D eigenvalue weighted by Gasteiger charge is -2.05. The monoisotopic (exact) mass is 205 g/mol. The van der Waals surface area contributed by atoms with Crippen molar-refractivity contribution in [3.63, 3.8) is 0 Å². The van der Waals surface area contributed by atoms with Gasteiger partial charge in [-0.3, -0.25) is 0 Å². The molecule has 0 aliphatic heterocycles. The van der Waals surface area contributed by atoms with Crippen LogP contribution in [0.3, 0.4) is 0 Å². The number of hydrogen-bond donors (Lipinski definition) is 0. The fourth-order valence-electron chi connectivity index (χ4n) is 0.956. The second-order valence-electron chi connectivity index (χ2n) is 2.41. The van der Waals surface area contributed by atoms with Gasteiger partial charge in [-0.05, 0) is 17.9 Å². The summed E-state index contributed by atoms with van der Waals surface area (Å²) >= 11 is 1.05. The van der Waals surface area contributed by atoms with E-state index in [4.69, 9.17) is 5.26 Å². The summed E-state index contributed by atoms with van der Waals surface area (Å²) in [6.45, 7) is 0. The number of alkyl halides is 3. The molecule has 0 saturated carbocycles. The van der Waals surface area contributed by atoms with Crippen LogP contribution >= 0.6 is 11.3 Å². The number of halogens is 3. The number of nitriles is 1. The molecule has 0 aliphatic carbocycles. The Kier molecular flexibility index (Phi) is 2.94. The molecule has 0 aliphatic rings. The molecule has 70 valence electrons. The molecule has 0 atom stereocenters. The third-order valence-electron chi connectivity index (χ3n) is 1.51. The third-order valence-corrected chi connectivity index (χ3v) is 2.50. The molecule has 13 heavy (non-hydrogen) atoms. The minimum atomic E-state index is -4.29. The summed E-state index contributed by atoms with van der Waals surface area (Å²) in [6.07, 6.45) is -3.97. The van der Waals surface area contributed by atoms with Crippen molar-refractivity contribution in [3.8, 4) is 6.07 Å². The van der Waals surface area contributed by atoms with Crippen LogP contribution in [0.1, 0.15) is 16.9 Å². The van der Waals surface area contributed by atoms with Crippen molar-refractivity contribution in [1.82, 2.24) is 0 Å². The summed E-state index contributed by atoms with van der Waals surface area (Å²) in [4.78, 5) is 0.244. The number of aryl methyl sites for hydroxylation is 1. The maximum absolute atomic E-state index is 12.2. The van der Waals surface area contributed by atoms with Crippen LogP contribution in [0.5, 0.6) is 0 Å². The van der Waals surface area contributed by atoms with E-state index in [1.54, 1.807) is 0 Å². The molecule has 0 spiro atoms. The Labute approximate surface area is 77.4 Å². The minimum absolute atomic E-state index is 0.129. The van der Waals surface area contributed by atoms with Gasteiger partial charge in [0.25, 0.3) is 0 Å². The molecule has 0 aromatic carbocycles. The zero-order valence-electron chi connectivity index (χ0n) is 6.56. The second-order valence-corrected chi connectivity index (χ2v) is 3.41. The zero-order chi connectivity index (χ0) is 9.90. The van der Waals surface area contributed by atoms with Gasteiger partial charge in [0.15, 0.2) is 0 Å². The van der Waals surface area contributed by atoms with Gasteiger partial charge in [-0.2, -0.15) is 18.4 Å². The Hall–Kier alpha value is -1.02. The Bertz CT molecular complexity index is 321. The van der Waals surface area contributed by atoms with Crippen molar-refractivity contribution < 1.29 is 13.2 Å². The van der Waals surface area contributed by atoms with Crippen molar-refractivity contribution in [3.05, 3.63) is 21.9 Å². The van der Waals surface area contributed by atoms with Crippen LogP contribution in [0.25, 0.3) is 0 Å². The van der Waals surface area contributed by atoms with E-state index in [2.05, 4.69) is 0 Å². The average molecular weight is 205 g/mol. The van der Waals surface area contributed by atoms with Crippen molar-refractivity contribution in [2.75, 3.05) is 0 Å². The molecule has 0 bridgehead atoms. The molecule has 0 N–H and O–H groups in total. The lowest BCUT2D eigenvalue weighted by molar-refractivity contribution is -0.137. The maximum Gasteiger partial charge on any atom is 0.417 e. The summed E-state index contributed by atoms with van der Waals surface area (Å²) in [5, 5.41) is 9.63. The summed E-state index contributed by atoms with van der Waals surface area (Å²) in [5.41, 5.74) is -0.604. The van der Waals surface area contributed by atoms with Gasteiger partial charge < -0.3 is 0 Å². The van der Waals surface area contributed by atoms with Crippen LogP contribution in [0.2, 0.25) is 0 Å². The molecule has 0 unspecified atom stereocenters. The van der Waals surface area contributed by atoms with Gasteiger partial charge in [0, 0.05) is 11.3 Å². The van der Waals surface area contributed by atoms with Crippen LogP contribution in [0.4, 0.5) is 13.2 Å². The van der Waals surface area contributed by atoms with E-state index in [0.717, 1.165) is 17.4 Å². The standard InChI is InChI=1S/C8H6F3NS/c9-8(10,11)6-3-5-13-7(6)2-1-4-12/h3,5H,1-2H2. The van der Waals surface area contributed by atoms with E-state index in [0.29, 0.717) is 0 Å². The van der Waals surface area contributed by atoms with Gasteiger partial charge in [0.2, 0.25) is 0 Å². The third kappa shape index (κ3) is 2.46. The first-order valence-corrected chi connectivity index (χ1v) is 4.44. The van der Waals surface area contributed by atoms with Gasteiger partial charge in [-0.15, -0.1) is 11.3 Å². The Morgan fingerprint density at radius 3 is 2.69 bits per heavy atom. The van der Waals surface area contributed by atoms with Crippen molar-refractivity contribution in [2.24, 2.45) is 0 Å². The topological polar surface area (TPSA) is 23.8 Å². The molecule has 1 aromatic rings. The normalized spacial score (nSPS) is 11.2. The predicted octanol–water partition coefficient (Wildman–Crippen LogP) is 3.22. The fraction of sp³-hybridized carbons (Fsp3) is 0.375. The number of nitrogens with zero attached hydrogens (tertiary/aromatic N) is 1. The lowest BCUT2D eigenvalue weighted by Crippen LogP contribution is -2.05. The Morgan fingerprint density at radius 2 is 2.15 bits per heavy atom. The second kappa shape index (κ2) is 3.79. The smallest absolute Gasteiger partial charge is 0.198 e. The lowest BCUT2D eigenvalue weighted by atomic mass is 10.2. The molecule has 1 nitrogen and oxygen atoms in total. The predicted molar refractivity (Wildman–Crippen MR) is 43.3 cm³/mol. The molecule has 1 heterocycles. The first kappa shape index (κ1) is 10.1. The number of rotatable bonds is 2. The van der Waals surface area contributed by atoms with Gasteiger partial charge in [0.1, 0.15) is 0 Å². The molecule has 5 heteroatoms. The van der Waals surface area contributed by atoms with E-state index in [-0.39, 0.29) is 17.7 Å². The van der Waals surface area contributed by atoms with Crippen molar-refractivity contribution in [1.29, 1.82) is 5.26 Å². The highest BCUT2D eigenvalue weighted by molar-refractivity contribution is 7.10. The summed E-state index contributed by atoms with van der Waals surface area (Å²) in [6, 6.07) is 2.88. The molecule has 0 saturated heterocycles. The first-order chi connectivity index (χ1) is 6.05. The van der Waals surface area contributed by atoms with Gasteiger partial charge in [-0.25, -0.2) is 0 Å². The van der Waals surface area contributed by atoms with Gasteiger partial charge >= 0.3 is 6.18 Å². The van der Waals surface area contributed by atoms with Gasteiger partial charge in [0.05, 0.1) is 11.6 Å². The van der Waals surface area contributed by atoms with Crippen molar-refractivity contribution in [2.45, 2.75) is 19.0 Å². The van der Waals surface area contributed by atoms with E-state index in [1.165, 1.54) is 5.38 Å². The molecule has 0 radical (unpaired) electrons. The van der Waals surface area contributed by atoms with Crippen LogP contribution < -0.4 is 0 Å². The number of hydrogen-bond acceptors (Lipinski definition) is 2. The van der Waals surface area contributed by atoms with Crippen LogP contribution in [-0.2, 0) is 12.6 Å². The Morgan fingerprint density at radius 1 is 1.46 bits per heavy atom. The van der Waals surface area contributed by atoms with E-state index >= 15 is 0 Å². The Balaban J connectivity index is 2.85.